The van der Waals surface area contributed by atoms with Crippen molar-refractivity contribution in [2.75, 3.05) is 0 Å². The molecule has 1 unspecified atom stereocenters. The lowest BCUT2D eigenvalue weighted by Crippen LogP contribution is -2.60. The Labute approximate surface area is 418 Å². The second-order valence-corrected chi connectivity index (χ2v) is 28.1. The first kappa shape index (κ1) is 45.4. The molecule has 0 bridgehead atoms. The molecule has 0 radical (unpaired) electrons. The van der Waals surface area contributed by atoms with Gasteiger partial charge in [0.15, 0.2) is 0 Å². The van der Waals surface area contributed by atoms with E-state index in [-0.39, 0.29) is 39.2 Å². The summed E-state index contributed by atoms with van der Waals surface area (Å²) in [5.41, 5.74) is 24.4. The van der Waals surface area contributed by atoms with Crippen molar-refractivity contribution in [1.82, 2.24) is 13.7 Å². The van der Waals surface area contributed by atoms with Crippen LogP contribution in [0.15, 0.2) is 97.1 Å². The average molecular weight is 920 g/mol. The number of hydrogen-bond donors (Lipinski definition) is 0. The van der Waals surface area contributed by atoms with Gasteiger partial charge in [0.25, 0.3) is 6.71 Å². The number of nitrogens with zero attached hydrogens (tertiary/aromatic N) is 3. The molecule has 0 spiro atoms. The lowest BCUT2D eigenvalue weighted by atomic mass is 9.34. The van der Waals surface area contributed by atoms with Gasteiger partial charge in [-0.1, -0.05) is 161 Å². The standard InChI is InChI=1S/C66H74BN3/c1-61(2,3)37-19-23-52-44(27-37)45-28-38(62(4,5)6)20-24-53(45)68(52)43-35-56-58-57(36-43)70-55-26-22-40(64(10,11)12)30-47(55)49-32-42(66(16,17)18)34-51(60(49)70)67(58)50-33-41(65(13,14)15)31-48-46-29-39(63(7,8)9)21-25-54(46)69(56)59(48)50/h19-29,31-36,40H,30H2,1-18H3. The van der Waals surface area contributed by atoms with Crippen LogP contribution in [-0.4, -0.2) is 20.4 Å². The molecule has 70 heavy (non-hydrogen) atoms. The highest BCUT2D eigenvalue weighted by molar-refractivity contribution is 7.00. The molecule has 356 valence electrons. The molecule has 4 heteroatoms. The topological polar surface area (TPSA) is 14.8 Å². The van der Waals surface area contributed by atoms with E-state index in [9.17, 15) is 0 Å². The quantitative estimate of drug-likeness (QED) is 0.146. The predicted octanol–water partition coefficient (Wildman–Crippen LogP) is 15.7. The Morgan fingerprint density at radius 1 is 0.414 bits per heavy atom. The van der Waals surface area contributed by atoms with Gasteiger partial charge >= 0.3 is 0 Å². The Balaban J connectivity index is 1.29. The van der Waals surface area contributed by atoms with Gasteiger partial charge in [0.2, 0.25) is 0 Å². The summed E-state index contributed by atoms with van der Waals surface area (Å²) in [4.78, 5) is 0. The Bertz CT molecular complexity index is 3720. The fourth-order valence-corrected chi connectivity index (χ4v) is 12.6. The molecular weight excluding hydrogens is 846 g/mol. The van der Waals surface area contributed by atoms with Gasteiger partial charge in [0, 0.05) is 55.0 Å². The summed E-state index contributed by atoms with van der Waals surface area (Å²) < 4.78 is 8.02. The minimum Gasteiger partial charge on any atom is -0.310 e. The van der Waals surface area contributed by atoms with Crippen LogP contribution in [0.5, 0.6) is 0 Å². The molecule has 0 fully saturated rings. The molecule has 3 nitrogen and oxygen atoms in total. The van der Waals surface area contributed by atoms with Crippen LogP contribution in [-0.2, 0) is 33.5 Å². The summed E-state index contributed by atoms with van der Waals surface area (Å²) in [5.74, 6) is 0.441. The van der Waals surface area contributed by atoms with Crippen molar-refractivity contribution >= 4 is 83.7 Å². The molecule has 2 aliphatic heterocycles. The highest BCUT2D eigenvalue weighted by atomic mass is 15.1. The minimum absolute atomic E-state index is 0.00828. The van der Waals surface area contributed by atoms with Gasteiger partial charge in [0.05, 0.1) is 22.2 Å². The maximum atomic E-state index is 2.73. The molecule has 6 aromatic carbocycles. The van der Waals surface area contributed by atoms with Crippen LogP contribution in [0.1, 0.15) is 164 Å². The van der Waals surface area contributed by atoms with Crippen LogP contribution in [0.2, 0.25) is 0 Å². The Morgan fingerprint density at radius 2 is 0.814 bits per heavy atom. The fraction of sp³-hybridized carbons (Fsp3) is 0.394. The van der Waals surface area contributed by atoms with E-state index < -0.39 is 0 Å². The van der Waals surface area contributed by atoms with Gasteiger partial charge < -0.3 is 13.7 Å². The zero-order chi connectivity index (χ0) is 49.9. The third-order valence-electron chi connectivity index (χ3n) is 17.0. The Hall–Kier alpha value is -5.74. The summed E-state index contributed by atoms with van der Waals surface area (Å²) in [6.07, 6.45) is 6.07. The predicted molar refractivity (Wildman–Crippen MR) is 306 cm³/mol. The van der Waals surface area contributed by atoms with E-state index in [0.29, 0.717) is 5.92 Å². The van der Waals surface area contributed by atoms with Crippen LogP contribution in [0, 0.1) is 11.3 Å². The molecule has 1 atom stereocenters. The summed E-state index contributed by atoms with van der Waals surface area (Å²) in [6, 6.07) is 37.5. The molecular formula is C66H74BN3. The molecule has 3 aromatic heterocycles. The lowest BCUT2D eigenvalue weighted by molar-refractivity contribution is 0.291. The van der Waals surface area contributed by atoms with Gasteiger partial charge in [-0.25, -0.2) is 0 Å². The van der Waals surface area contributed by atoms with Gasteiger partial charge in [-0.05, 0) is 161 Å². The Morgan fingerprint density at radius 3 is 1.27 bits per heavy atom. The maximum Gasteiger partial charge on any atom is 0.252 e. The van der Waals surface area contributed by atoms with E-state index in [0.717, 1.165) is 6.42 Å². The van der Waals surface area contributed by atoms with Crippen molar-refractivity contribution in [2.24, 2.45) is 11.3 Å². The van der Waals surface area contributed by atoms with Crippen molar-refractivity contribution in [3.63, 3.8) is 0 Å². The van der Waals surface area contributed by atoms with Crippen molar-refractivity contribution in [1.29, 1.82) is 0 Å². The molecule has 0 amide bonds. The number of allylic oxidation sites excluding steroid dienone is 1. The fourth-order valence-electron chi connectivity index (χ4n) is 12.6. The van der Waals surface area contributed by atoms with E-state index in [2.05, 4.69) is 241 Å². The average Bonchev–Trinajstić information content (AvgIpc) is 3.89. The van der Waals surface area contributed by atoms with E-state index in [1.54, 1.807) is 0 Å². The normalized spacial score (nSPS) is 16.1. The van der Waals surface area contributed by atoms with Gasteiger partial charge in [-0.2, -0.15) is 0 Å². The number of hydrogen-bond acceptors (Lipinski definition) is 0. The number of rotatable bonds is 1. The van der Waals surface area contributed by atoms with Crippen LogP contribution >= 0.6 is 0 Å². The molecule has 5 heterocycles. The molecule has 1 aliphatic carbocycles. The third-order valence-corrected chi connectivity index (χ3v) is 17.0. The SMILES string of the molecule is CC(C)(C)c1cc2c3c(c1)c1c(n3-c3cc(-n4c5ccc(C(C)(C)C)cc5c5cc(C(C)(C)C)ccc54)cc4c3B2c2cc(C(C)(C)C)cc3c5cc(C(C)(C)C)ccc5n-4c23)C=CC(C(C)(C)C)C1. The molecule has 3 aliphatic rings. The summed E-state index contributed by atoms with van der Waals surface area (Å²) >= 11 is 0. The molecule has 9 aromatic rings. The summed E-state index contributed by atoms with van der Waals surface area (Å²) in [5, 5.41) is 6.77. The second-order valence-electron chi connectivity index (χ2n) is 28.1. The largest absolute Gasteiger partial charge is 0.310 e. The zero-order valence-electron chi connectivity index (χ0n) is 45.5. The number of fused-ring (bicyclic) bond motifs is 13. The minimum atomic E-state index is -0.0483. The lowest BCUT2D eigenvalue weighted by Gasteiger charge is -2.36. The highest BCUT2D eigenvalue weighted by Gasteiger charge is 2.44. The van der Waals surface area contributed by atoms with Crippen LogP contribution in [0.3, 0.4) is 0 Å². The first-order chi connectivity index (χ1) is 32.5. The highest BCUT2D eigenvalue weighted by Crippen LogP contribution is 2.47. The maximum absolute atomic E-state index is 2.73. The van der Waals surface area contributed by atoms with Gasteiger partial charge in [-0.3, -0.25) is 0 Å². The van der Waals surface area contributed by atoms with E-state index in [4.69, 9.17) is 0 Å². The summed E-state index contributed by atoms with van der Waals surface area (Å²) in [6.45, 7) is 42.8. The smallest absolute Gasteiger partial charge is 0.252 e. The second kappa shape index (κ2) is 14.0. The van der Waals surface area contributed by atoms with Crippen molar-refractivity contribution in [3.05, 3.63) is 136 Å². The van der Waals surface area contributed by atoms with E-state index >= 15 is 0 Å². The van der Waals surface area contributed by atoms with Crippen molar-refractivity contribution < 1.29 is 0 Å². The molecule has 12 rings (SSSR count). The van der Waals surface area contributed by atoms with E-state index in [1.807, 2.05) is 0 Å². The van der Waals surface area contributed by atoms with E-state index in [1.165, 1.54) is 127 Å². The number of benzene rings is 6. The van der Waals surface area contributed by atoms with Crippen LogP contribution < -0.4 is 16.4 Å². The Kier molecular flexibility index (Phi) is 9.09. The first-order valence-electron chi connectivity index (χ1n) is 26.3. The van der Waals surface area contributed by atoms with Gasteiger partial charge in [0.1, 0.15) is 0 Å². The first-order valence-corrected chi connectivity index (χ1v) is 26.3. The summed E-state index contributed by atoms with van der Waals surface area (Å²) in [7, 11) is 0. The molecule has 0 saturated heterocycles. The van der Waals surface area contributed by atoms with Crippen LogP contribution in [0.25, 0.3) is 77.7 Å². The third kappa shape index (κ3) is 6.46. The number of aromatic nitrogens is 3. The molecule has 0 saturated carbocycles. The monoisotopic (exact) mass is 920 g/mol. The van der Waals surface area contributed by atoms with Crippen LogP contribution in [0.4, 0.5) is 0 Å². The molecule has 0 N–H and O–H groups in total. The van der Waals surface area contributed by atoms with Crippen molar-refractivity contribution in [3.8, 4) is 17.1 Å². The van der Waals surface area contributed by atoms with Gasteiger partial charge in [-0.15, -0.1) is 0 Å². The zero-order valence-corrected chi connectivity index (χ0v) is 45.5. The van der Waals surface area contributed by atoms with Crippen molar-refractivity contribution in [2.45, 2.75) is 158 Å².